The highest BCUT2D eigenvalue weighted by molar-refractivity contribution is 7.89. The summed E-state index contributed by atoms with van der Waals surface area (Å²) >= 11 is 0. The Morgan fingerprint density at radius 2 is 1.78 bits per heavy atom. The molecule has 0 fully saturated rings. The summed E-state index contributed by atoms with van der Waals surface area (Å²) in [6, 6.07) is 5.39. The van der Waals surface area contributed by atoms with Gasteiger partial charge < -0.3 is 0 Å². The number of sulfonamides is 1. The number of rotatable bonds is 5. The van der Waals surface area contributed by atoms with E-state index >= 15 is 0 Å². The van der Waals surface area contributed by atoms with E-state index in [1.165, 1.54) is 31.4 Å². The van der Waals surface area contributed by atoms with Crippen LogP contribution in [0.2, 0.25) is 0 Å². The summed E-state index contributed by atoms with van der Waals surface area (Å²) in [6.45, 7) is 3.47. The van der Waals surface area contributed by atoms with Crippen molar-refractivity contribution in [2.75, 3.05) is 7.11 Å². The number of carbonyl (C=O) groups excluding carboxylic acids is 1. The first kappa shape index (κ1) is 14.6. The molecule has 7 heteroatoms. The van der Waals surface area contributed by atoms with Crippen LogP contribution in [0.5, 0.6) is 0 Å². The molecule has 6 nitrogen and oxygen atoms in total. The maximum absolute atomic E-state index is 11.8. The van der Waals surface area contributed by atoms with Crippen LogP contribution in [0.15, 0.2) is 29.2 Å². The molecule has 1 aromatic carbocycles. The standard InChI is InChI=1S/C11H16N2O4S/c1-8(2)13-18(15,16)10-6-4-9(5-7-10)11(14)12-17-3/h4-8,13H,1-3H3,(H,12,14). The number of benzene rings is 1. The van der Waals surface area contributed by atoms with Crippen LogP contribution in [-0.4, -0.2) is 27.5 Å². The van der Waals surface area contributed by atoms with E-state index in [1.54, 1.807) is 13.8 Å². The van der Waals surface area contributed by atoms with Crippen molar-refractivity contribution in [3.63, 3.8) is 0 Å². The van der Waals surface area contributed by atoms with Crippen molar-refractivity contribution < 1.29 is 18.0 Å². The van der Waals surface area contributed by atoms with Crippen molar-refractivity contribution in [3.8, 4) is 0 Å². The molecule has 0 spiro atoms. The second kappa shape index (κ2) is 5.94. The Kier molecular flexibility index (Phi) is 4.83. The van der Waals surface area contributed by atoms with Gasteiger partial charge in [0, 0.05) is 11.6 Å². The first-order valence-electron chi connectivity index (χ1n) is 5.32. The van der Waals surface area contributed by atoms with E-state index in [1.807, 2.05) is 0 Å². The van der Waals surface area contributed by atoms with E-state index in [-0.39, 0.29) is 10.9 Å². The molecule has 0 heterocycles. The highest BCUT2D eigenvalue weighted by Crippen LogP contribution is 2.11. The maximum atomic E-state index is 11.8. The summed E-state index contributed by atoms with van der Waals surface area (Å²) in [5, 5.41) is 0. The zero-order valence-corrected chi connectivity index (χ0v) is 11.2. The number of carbonyl (C=O) groups is 1. The van der Waals surface area contributed by atoms with E-state index in [4.69, 9.17) is 0 Å². The Bertz CT molecular complexity index is 508. The minimum absolute atomic E-state index is 0.116. The van der Waals surface area contributed by atoms with Gasteiger partial charge in [-0.15, -0.1) is 0 Å². The van der Waals surface area contributed by atoms with Crippen molar-refractivity contribution >= 4 is 15.9 Å². The minimum atomic E-state index is -3.53. The van der Waals surface area contributed by atoms with Crippen molar-refractivity contribution in [2.45, 2.75) is 24.8 Å². The van der Waals surface area contributed by atoms with Gasteiger partial charge in [-0.3, -0.25) is 9.63 Å². The zero-order chi connectivity index (χ0) is 13.8. The third-order valence-electron chi connectivity index (χ3n) is 2.01. The molecule has 0 unspecified atom stereocenters. The molecule has 100 valence electrons. The molecule has 0 saturated heterocycles. The average molecular weight is 272 g/mol. The summed E-state index contributed by atoms with van der Waals surface area (Å²) in [6.07, 6.45) is 0. The summed E-state index contributed by atoms with van der Waals surface area (Å²) < 4.78 is 26.1. The first-order valence-corrected chi connectivity index (χ1v) is 6.81. The summed E-state index contributed by atoms with van der Waals surface area (Å²) in [7, 11) is -2.20. The number of hydrogen-bond donors (Lipinski definition) is 2. The Morgan fingerprint density at radius 3 is 2.22 bits per heavy atom. The Morgan fingerprint density at radius 1 is 1.22 bits per heavy atom. The Hall–Kier alpha value is -1.44. The third kappa shape index (κ3) is 3.80. The number of nitrogens with one attached hydrogen (secondary N) is 2. The average Bonchev–Trinajstić information content (AvgIpc) is 2.28. The van der Waals surface area contributed by atoms with E-state index in [9.17, 15) is 13.2 Å². The van der Waals surface area contributed by atoms with E-state index < -0.39 is 15.9 Å². The van der Waals surface area contributed by atoms with Gasteiger partial charge in [-0.25, -0.2) is 18.6 Å². The van der Waals surface area contributed by atoms with Crippen LogP contribution in [0.1, 0.15) is 24.2 Å². The van der Waals surface area contributed by atoms with Gasteiger partial charge in [-0.1, -0.05) is 0 Å². The lowest BCUT2D eigenvalue weighted by molar-refractivity contribution is 0.0537. The molecule has 0 aliphatic rings. The van der Waals surface area contributed by atoms with Crippen LogP contribution < -0.4 is 10.2 Å². The van der Waals surface area contributed by atoms with Crippen molar-refractivity contribution in [3.05, 3.63) is 29.8 Å². The van der Waals surface area contributed by atoms with Crippen LogP contribution in [-0.2, 0) is 14.9 Å². The molecule has 0 radical (unpaired) electrons. The molecule has 1 rings (SSSR count). The van der Waals surface area contributed by atoms with Crippen LogP contribution in [0, 0.1) is 0 Å². The Balaban J connectivity index is 2.92. The summed E-state index contributed by atoms with van der Waals surface area (Å²) in [5.41, 5.74) is 2.47. The molecule has 18 heavy (non-hydrogen) atoms. The lowest BCUT2D eigenvalue weighted by Gasteiger charge is -2.09. The molecule has 0 atom stereocenters. The first-order chi connectivity index (χ1) is 8.36. The van der Waals surface area contributed by atoms with Gasteiger partial charge in [0.1, 0.15) is 0 Å². The van der Waals surface area contributed by atoms with Crippen LogP contribution >= 0.6 is 0 Å². The fourth-order valence-corrected chi connectivity index (χ4v) is 2.57. The predicted molar refractivity (Wildman–Crippen MR) is 66.4 cm³/mol. The minimum Gasteiger partial charge on any atom is -0.277 e. The normalized spacial score (nSPS) is 11.6. The second-order valence-electron chi connectivity index (χ2n) is 3.94. The van der Waals surface area contributed by atoms with Crippen LogP contribution in [0.3, 0.4) is 0 Å². The van der Waals surface area contributed by atoms with Gasteiger partial charge in [-0.2, -0.15) is 0 Å². The van der Waals surface area contributed by atoms with E-state index in [0.717, 1.165) is 0 Å². The van der Waals surface area contributed by atoms with Crippen LogP contribution in [0.25, 0.3) is 0 Å². The molecule has 2 N–H and O–H groups in total. The van der Waals surface area contributed by atoms with Gasteiger partial charge in [0.15, 0.2) is 0 Å². The molecule has 0 aliphatic heterocycles. The summed E-state index contributed by atoms with van der Waals surface area (Å²) in [4.78, 5) is 16.0. The second-order valence-corrected chi connectivity index (χ2v) is 5.65. The molecule has 0 saturated carbocycles. The van der Waals surface area contributed by atoms with Crippen LogP contribution in [0.4, 0.5) is 0 Å². The predicted octanol–water partition coefficient (Wildman–Crippen LogP) is 0.664. The lowest BCUT2D eigenvalue weighted by Crippen LogP contribution is -2.30. The fourth-order valence-electron chi connectivity index (χ4n) is 1.32. The number of amides is 1. The molecular weight excluding hydrogens is 256 g/mol. The maximum Gasteiger partial charge on any atom is 0.274 e. The molecule has 0 bridgehead atoms. The van der Waals surface area contributed by atoms with Gasteiger partial charge in [0.25, 0.3) is 5.91 Å². The molecule has 0 aliphatic carbocycles. The van der Waals surface area contributed by atoms with Crippen molar-refractivity contribution in [1.82, 2.24) is 10.2 Å². The topological polar surface area (TPSA) is 84.5 Å². The lowest BCUT2D eigenvalue weighted by atomic mass is 10.2. The van der Waals surface area contributed by atoms with Crippen molar-refractivity contribution in [1.29, 1.82) is 0 Å². The number of hydroxylamine groups is 1. The van der Waals surface area contributed by atoms with Crippen molar-refractivity contribution in [2.24, 2.45) is 0 Å². The van der Waals surface area contributed by atoms with Gasteiger partial charge in [0.2, 0.25) is 10.0 Å². The third-order valence-corrected chi connectivity index (χ3v) is 3.69. The smallest absolute Gasteiger partial charge is 0.274 e. The van der Waals surface area contributed by atoms with Gasteiger partial charge >= 0.3 is 0 Å². The monoisotopic (exact) mass is 272 g/mol. The highest BCUT2D eigenvalue weighted by atomic mass is 32.2. The molecule has 0 aromatic heterocycles. The Labute approximate surface area is 106 Å². The highest BCUT2D eigenvalue weighted by Gasteiger charge is 2.15. The van der Waals surface area contributed by atoms with Gasteiger partial charge in [-0.05, 0) is 38.1 Å². The van der Waals surface area contributed by atoms with E-state index in [2.05, 4.69) is 15.0 Å². The molecule has 1 aromatic rings. The fraction of sp³-hybridized carbons (Fsp3) is 0.364. The largest absolute Gasteiger partial charge is 0.277 e. The quantitative estimate of drug-likeness (QED) is 0.771. The van der Waals surface area contributed by atoms with E-state index in [0.29, 0.717) is 5.56 Å². The molecular formula is C11H16N2O4S. The number of hydrogen-bond acceptors (Lipinski definition) is 4. The summed E-state index contributed by atoms with van der Waals surface area (Å²) in [5.74, 6) is -0.432. The zero-order valence-electron chi connectivity index (χ0n) is 10.4. The molecule has 1 amide bonds. The van der Waals surface area contributed by atoms with Gasteiger partial charge in [0.05, 0.1) is 12.0 Å². The SMILES string of the molecule is CONC(=O)c1ccc(S(=O)(=O)NC(C)C)cc1.